The van der Waals surface area contributed by atoms with Crippen LogP contribution in [0.4, 0.5) is 0 Å². The lowest BCUT2D eigenvalue weighted by molar-refractivity contribution is -0.147. The number of aliphatic carboxylic acids is 1. The molecule has 0 aliphatic heterocycles. The maximum absolute atomic E-state index is 12.0. The summed E-state index contributed by atoms with van der Waals surface area (Å²) in [6, 6.07) is 0.663. The van der Waals surface area contributed by atoms with Crippen LogP contribution in [-0.4, -0.2) is 47.2 Å². The second kappa shape index (κ2) is 5.64. The van der Waals surface area contributed by atoms with Crippen molar-refractivity contribution < 1.29 is 9.90 Å². The molecule has 1 atom stereocenters. The second-order valence-corrected chi connectivity index (χ2v) is 7.08. The smallest absolute Gasteiger partial charge is 0.325 e. The molecule has 114 valence electrons. The van der Waals surface area contributed by atoms with Crippen molar-refractivity contribution in [2.24, 2.45) is 11.8 Å². The van der Waals surface area contributed by atoms with E-state index in [2.05, 4.69) is 17.1 Å². The number of nitrogens with zero attached hydrogens (tertiary/aromatic N) is 1. The van der Waals surface area contributed by atoms with Crippen LogP contribution in [0.15, 0.2) is 0 Å². The van der Waals surface area contributed by atoms with Gasteiger partial charge < -0.3 is 10.4 Å². The normalized spacial score (nSPS) is 25.7. The van der Waals surface area contributed by atoms with Gasteiger partial charge in [-0.2, -0.15) is 0 Å². The van der Waals surface area contributed by atoms with Crippen LogP contribution in [0.1, 0.15) is 51.9 Å². The number of nitrogens with one attached hydrogen (secondary N) is 1. The zero-order chi connectivity index (χ0) is 14.2. The Labute approximate surface area is 121 Å². The van der Waals surface area contributed by atoms with E-state index in [0.29, 0.717) is 18.5 Å². The van der Waals surface area contributed by atoms with Gasteiger partial charge in [0.05, 0.1) is 0 Å². The van der Waals surface area contributed by atoms with Crippen molar-refractivity contribution in [2.45, 2.75) is 63.5 Å². The number of rotatable bonds is 10. The van der Waals surface area contributed by atoms with Crippen molar-refractivity contribution in [2.75, 3.05) is 19.6 Å². The molecule has 3 fully saturated rings. The Balaban J connectivity index is 1.70. The summed E-state index contributed by atoms with van der Waals surface area (Å²) in [7, 11) is 0. The van der Waals surface area contributed by atoms with Crippen LogP contribution < -0.4 is 5.32 Å². The molecule has 0 bridgehead atoms. The number of hydrogen-bond donors (Lipinski definition) is 2. The van der Waals surface area contributed by atoms with E-state index >= 15 is 0 Å². The van der Waals surface area contributed by atoms with Gasteiger partial charge in [0.2, 0.25) is 0 Å². The zero-order valence-electron chi connectivity index (χ0n) is 12.6. The molecule has 1 unspecified atom stereocenters. The van der Waals surface area contributed by atoms with Crippen LogP contribution in [0.2, 0.25) is 0 Å². The third kappa shape index (κ3) is 3.17. The molecule has 3 aliphatic carbocycles. The van der Waals surface area contributed by atoms with Gasteiger partial charge >= 0.3 is 5.97 Å². The molecule has 0 radical (unpaired) electrons. The molecule has 0 amide bonds. The summed E-state index contributed by atoms with van der Waals surface area (Å²) >= 11 is 0. The van der Waals surface area contributed by atoms with E-state index in [9.17, 15) is 9.90 Å². The van der Waals surface area contributed by atoms with E-state index < -0.39 is 11.5 Å². The number of carboxylic acid groups (broad SMARTS) is 1. The zero-order valence-corrected chi connectivity index (χ0v) is 12.6. The van der Waals surface area contributed by atoms with Gasteiger partial charge in [-0.3, -0.25) is 9.69 Å². The Bertz CT molecular complexity index is 361. The van der Waals surface area contributed by atoms with Gasteiger partial charge in [0.25, 0.3) is 0 Å². The van der Waals surface area contributed by atoms with Gasteiger partial charge in [0.1, 0.15) is 5.54 Å². The highest BCUT2D eigenvalue weighted by Gasteiger charge is 2.53. The topological polar surface area (TPSA) is 52.6 Å². The van der Waals surface area contributed by atoms with Gasteiger partial charge in [-0.15, -0.1) is 0 Å². The van der Waals surface area contributed by atoms with Crippen LogP contribution in [0.25, 0.3) is 0 Å². The molecule has 0 aromatic heterocycles. The molecular weight excluding hydrogens is 252 g/mol. The summed E-state index contributed by atoms with van der Waals surface area (Å²) in [4.78, 5) is 14.5. The number of carbonyl (C=O) groups is 1. The van der Waals surface area contributed by atoms with E-state index in [0.717, 1.165) is 38.3 Å². The first kappa shape index (κ1) is 14.3. The summed E-state index contributed by atoms with van der Waals surface area (Å²) in [5.41, 5.74) is -0.687. The summed E-state index contributed by atoms with van der Waals surface area (Å²) in [6.07, 6.45) is 8.36. The predicted octanol–water partition coefficient (Wildman–Crippen LogP) is 2.09. The SMILES string of the molecule is CCCNC(CN(CC1CC1)C1CC1)(C(=O)O)C1CC1. The van der Waals surface area contributed by atoms with Gasteiger partial charge in [-0.25, -0.2) is 0 Å². The highest BCUT2D eigenvalue weighted by atomic mass is 16.4. The monoisotopic (exact) mass is 280 g/mol. The predicted molar refractivity (Wildman–Crippen MR) is 78.7 cm³/mol. The Morgan fingerprint density at radius 3 is 2.40 bits per heavy atom. The molecule has 0 aromatic rings. The Morgan fingerprint density at radius 2 is 1.95 bits per heavy atom. The van der Waals surface area contributed by atoms with Gasteiger partial charge in [-0.05, 0) is 63.3 Å². The molecule has 3 aliphatic rings. The van der Waals surface area contributed by atoms with Crippen molar-refractivity contribution >= 4 is 5.97 Å². The number of carboxylic acids is 1. The molecule has 3 saturated carbocycles. The average molecular weight is 280 g/mol. The summed E-state index contributed by atoms with van der Waals surface area (Å²) in [5.74, 6) is 0.550. The van der Waals surface area contributed by atoms with Crippen molar-refractivity contribution in [3.8, 4) is 0 Å². The highest BCUT2D eigenvalue weighted by Crippen LogP contribution is 2.43. The van der Waals surface area contributed by atoms with E-state index in [1.807, 2.05) is 0 Å². The molecular formula is C16H28N2O2. The van der Waals surface area contributed by atoms with E-state index in [1.54, 1.807) is 0 Å². The van der Waals surface area contributed by atoms with Crippen molar-refractivity contribution in [1.82, 2.24) is 10.2 Å². The fraction of sp³-hybridized carbons (Fsp3) is 0.938. The first-order valence-electron chi connectivity index (χ1n) is 8.38. The minimum absolute atomic E-state index is 0.340. The first-order valence-corrected chi connectivity index (χ1v) is 8.38. The van der Waals surface area contributed by atoms with Crippen LogP contribution in [-0.2, 0) is 4.79 Å². The van der Waals surface area contributed by atoms with Crippen molar-refractivity contribution in [3.63, 3.8) is 0 Å². The summed E-state index contributed by atoms with van der Waals surface area (Å²) < 4.78 is 0. The van der Waals surface area contributed by atoms with Gasteiger partial charge in [-0.1, -0.05) is 6.92 Å². The van der Waals surface area contributed by atoms with Crippen LogP contribution in [0, 0.1) is 11.8 Å². The fourth-order valence-electron chi connectivity index (χ4n) is 3.31. The van der Waals surface area contributed by atoms with E-state index in [1.165, 1.54) is 25.7 Å². The lowest BCUT2D eigenvalue weighted by atomic mass is 9.91. The van der Waals surface area contributed by atoms with E-state index in [-0.39, 0.29) is 0 Å². The second-order valence-electron chi connectivity index (χ2n) is 7.08. The largest absolute Gasteiger partial charge is 0.480 e. The molecule has 0 spiro atoms. The third-order valence-electron chi connectivity index (χ3n) is 5.05. The molecule has 2 N–H and O–H groups in total. The fourth-order valence-corrected chi connectivity index (χ4v) is 3.31. The first-order chi connectivity index (χ1) is 9.65. The number of hydrogen-bond acceptors (Lipinski definition) is 3. The molecule has 3 rings (SSSR count). The summed E-state index contributed by atoms with van der Waals surface area (Å²) in [5, 5.41) is 13.3. The van der Waals surface area contributed by atoms with Crippen molar-refractivity contribution in [3.05, 3.63) is 0 Å². The summed E-state index contributed by atoms with van der Waals surface area (Å²) in [6.45, 7) is 4.76. The Morgan fingerprint density at radius 1 is 1.25 bits per heavy atom. The van der Waals surface area contributed by atoms with Gasteiger partial charge in [0, 0.05) is 19.1 Å². The minimum atomic E-state index is -0.687. The Hall–Kier alpha value is -0.610. The maximum Gasteiger partial charge on any atom is 0.325 e. The van der Waals surface area contributed by atoms with Crippen molar-refractivity contribution in [1.29, 1.82) is 0 Å². The van der Waals surface area contributed by atoms with Gasteiger partial charge in [0.15, 0.2) is 0 Å². The molecule has 20 heavy (non-hydrogen) atoms. The quantitative estimate of drug-likeness (QED) is 0.643. The van der Waals surface area contributed by atoms with Crippen LogP contribution in [0.3, 0.4) is 0 Å². The minimum Gasteiger partial charge on any atom is -0.480 e. The third-order valence-corrected chi connectivity index (χ3v) is 5.05. The molecule has 0 aromatic carbocycles. The lowest BCUT2D eigenvalue weighted by Crippen LogP contribution is -2.61. The average Bonchev–Trinajstić information content (AvgIpc) is 3.29. The maximum atomic E-state index is 12.0. The molecule has 4 heteroatoms. The Kier molecular flexibility index (Phi) is 4.04. The standard InChI is InChI=1S/C16H28N2O2/c1-2-9-17-16(15(19)20,13-5-6-13)11-18(14-7-8-14)10-12-3-4-12/h12-14,17H,2-11H2,1H3,(H,19,20). The van der Waals surface area contributed by atoms with Crippen LogP contribution in [0.5, 0.6) is 0 Å². The van der Waals surface area contributed by atoms with Crippen LogP contribution >= 0.6 is 0 Å². The van der Waals surface area contributed by atoms with E-state index in [4.69, 9.17) is 0 Å². The highest BCUT2D eigenvalue weighted by molar-refractivity contribution is 5.80. The molecule has 0 heterocycles. The molecule has 4 nitrogen and oxygen atoms in total. The molecule has 0 saturated heterocycles. The lowest BCUT2D eigenvalue weighted by Gasteiger charge is -2.36.